The average molecular weight is 375 g/mol. The molecule has 0 aromatic carbocycles. The summed E-state index contributed by atoms with van der Waals surface area (Å²) in [5, 5.41) is 9.13. The lowest BCUT2D eigenvalue weighted by Crippen LogP contribution is -2.57. The van der Waals surface area contributed by atoms with Gasteiger partial charge in [-0.1, -0.05) is 0 Å². The van der Waals surface area contributed by atoms with Crippen molar-refractivity contribution in [3.05, 3.63) is 18.1 Å². The summed E-state index contributed by atoms with van der Waals surface area (Å²) in [4.78, 5) is 25.9. The average Bonchev–Trinajstić information content (AvgIpc) is 2.67. The molecule has 27 heavy (non-hydrogen) atoms. The molecule has 2 aromatic heterocycles. The molecular weight excluding hydrogens is 350 g/mol. The highest BCUT2D eigenvalue weighted by Gasteiger charge is 2.32. The van der Waals surface area contributed by atoms with Crippen LogP contribution in [-0.2, 0) is 6.42 Å². The van der Waals surface area contributed by atoms with Gasteiger partial charge in [0.25, 0.3) is 0 Å². The summed E-state index contributed by atoms with van der Waals surface area (Å²) in [5.74, 6) is 2.03. The van der Waals surface area contributed by atoms with E-state index in [1.807, 2.05) is 6.07 Å². The lowest BCUT2D eigenvalue weighted by Gasteiger charge is -2.45. The Morgan fingerprint density at radius 1 is 1.04 bits per heavy atom. The third-order valence-electron chi connectivity index (χ3n) is 4.44. The highest BCUT2D eigenvalue weighted by atomic mass is 16.5. The molecule has 0 saturated carbocycles. The van der Waals surface area contributed by atoms with E-state index in [9.17, 15) is 0 Å². The molecule has 10 nitrogen and oxygen atoms in total. The summed E-state index contributed by atoms with van der Waals surface area (Å²) in [6.45, 7) is 5.71. The van der Waals surface area contributed by atoms with Crippen LogP contribution in [0.1, 0.15) is 19.7 Å². The van der Waals surface area contributed by atoms with Gasteiger partial charge in [0, 0.05) is 37.8 Å². The number of aliphatic hydroxyl groups is 1. The number of ether oxygens (including phenoxy) is 2. The first-order valence-electron chi connectivity index (χ1n) is 8.85. The molecule has 10 heteroatoms. The zero-order valence-electron chi connectivity index (χ0n) is 16.0. The molecule has 0 bridgehead atoms. The fraction of sp³-hybridized carbons (Fsp3) is 0.588. The summed E-state index contributed by atoms with van der Waals surface area (Å²) in [6.07, 6.45) is 2.18. The minimum absolute atomic E-state index is 0.0331. The predicted octanol–water partition coefficient (Wildman–Crippen LogP) is 0.317. The molecule has 0 unspecified atom stereocenters. The van der Waals surface area contributed by atoms with E-state index in [-0.39, 0.29) is 30.7 Å². The molecule has 1 saturated heterocycles. The molecule has 1 aliphatic rings. The summed E-state index contributed by atoms with van der Waals surface area (Å²) in [7, 11) is 3.03. The number of aromatic nitrogens is 5. The van der Waals surface area contributed by atoms with Gasteiger partial charge in [0.05, 0.1) is 20.8 Å². The minimum Gasteiger partial charge on any atom is -0.467 e. The number of methoxy groups -OCH3 is 2. The van der Waals surface area contributed by atoms with Gasteiger partial charge in [-0.3, -0.25) is 0 Å². The van der Waals surface area contributed by atoms with Gasteiger partial charge in [-0.25, -0.2) is 9.97 Å². The number of nitrogens with zero attached hydrogens (tertiary/aromatic N) is 7. The molecule has 1 fully saturated rings. The summed E-state index contributed by atoms with van der Waals surface area (Å²) in [5.41, 5.74) is 0. The van der Waals surface area contributed by atoms with Gasteiger partial charge >= 0.3 is 12.0 Å². The fourth-order valence-corrected chi connectivity index (χ4v) is 3.34. The maximum absolute atomic E-state index is 9.13. The van der Waals surface area contributed by atoms with Gasteiger partial charge in [0.2, 0.25) is 5.95 Å². The Labute approximate surface area is 158 Å². The predicted molar refractivity (Wildman–Crippen MR) is 99.4 cm³/mol. The van der Waals surface area contributed by atoms with Crippen molar-refractivity contribution < 1.29 is 14.6 Å². The molecule has 2 atom stereocenters. The fourth-order valence-electron chi connectivity index (χ4n) is 3.34. The third-order valence-corrected chi connectivity index (χ3v) is 4.44. The number of hydrogen-bond acceptors (Lipinski definition) is 10. The van der Waals surface area contributed by atoms with E-state index in [0.717, 1.165) is 5.82 Å². The van der Waals surface area contributed by atoms with E-state index >= 15 is 0 Å². The molecule has 0 aliphatic carbocycles. The van der Waals surface area contributed by atoms with Crippen LogP contribution in [0, 0.1) is 0 Å². The van der Waals surface area contributed by atoms with E-state index in [1.165, 1.54) is 14.2 Å². The SMILES string of the molecule is COc1nc(OC)nc(N2C[C@@H](C)N(c3ccnc(CCO)n3)[C@@H](C)C2)n1. The molecule has 146 valence electrons. The van der Waals surface area contributed by atoms with Crippen molar-refractivity contribution in [1.29, 1.82) is 0 Å². The van der Waals surface area contributed by atoms with Crippen LogP contribution in [0.25, 0.3) is 0 Å². The Morgan fingerprint density at radius 3 is 2.22 bits per heavy atom. The van der Waals surface area contributed by atoms with Crippen molar-refractivity contribution in [1.82, 2.24) is 24.9 Å². The smallest absolute Gasteiger partial charge is 0.324 e. The molecule has 3 heterocycles. The van der Waals surface area contributed by atoms with Crippen molar-refractivity contribution in [2.75, 3.05) is 43.7 Å². The number of piperazine rings is 1. The topological polar surface area (TPSA) is 110 Å². The van der Waals surface area contributed by atoms with Crippen molar-refractivity contribution in [2.45, 2.75) is 32.4 Å². The number of rotatable bonds is 6. The molecule has 2 aromatic rings. The second kappa shape index (κ2) is 8.30. The van der Waals surface area contributed by atoms with E-state index in [4.69, 9.17) is 14.6 Å². The maximum Gasteiger partial charge on any atom is 0.324 e. The molecule has 0 radical (unpaired) electrons. The van der Waals surface area contributed by atoms with Crippen molar-refractivity contribution >= 4 is 11.8 Å². The highest BCUT2D eigenvalue weighted by Crippen LogP contribution is 2.26. The zero-order chi connectivity index (χ0) is 19.4. The van der Waals surface area contributed by atoms with Gasteiger partial charge < -0.3 is 24.4 Å². The zero-order valence-corrected chi connectivity index (χ0v) is 16.0. The van der Waals surface area contributed by atoms with Gasteiger partial charge in [0.15, 0.2) is 0 Å². The van der Waals surface area contributed by atoms with Crippen LogP contribution in [-0.4, -0.2) is 76.0 Å². The van der Waals surface area contributed by atoms with Crippen LogP contribution < -0.4 is 19.3 Å². The van der Waals surface area contributed by atoms with E-state index < -0.39 is 0 Å². The van der Waals surface area contributed by atoms with Gasteiger partial charge in [0.1, 0.15) is 11.6 Å². The maximum atomic E-state index is 9.13. The number of hydrogen-bond donors (Lipinski definition) is 1. The Hall–Kier alpha value is -2.75. The van der Waals surface area contributed by atoms with E-state index in [2.05, 4.69) is 48.6 Å². The van der Waals surface area contributed by atoms with Crippen LogP contribution in [0.4, 0.5) is 11.8 Å². The molecule has 0 amide bonds. The molecule has 3 rings (SSSR count). The van der Waals surface area contributed by atoms with Crippen molar-refractivity contribution in [2.24, 2.45) is 0 Å². The Bertz CT molecular complexity index is 742. The van der Waals surface area contributed by atoms with Crippen molar-refractivity contribution in [3.8, 4) is 12.0 Å². The second-order valence-electron chi connectivity index (χ2n) is 6.42. The first-order chi connectivity index (χ1) is 13.0. The molecule has 1 N–H and O–H groups in total. The van der Waals surface area contributed by atoms with Crippen LogP contribution in [0.2, 0.25) is 0 Å². The van der Waals surface area contributed by atoms with Crippen LogP contribution in [0.15, 0.2) is 12.3 Å². The quantitative estimate of drug-likeness (QED) is 0.758. The van der Waals surface area contributed by atoms with E-state index in [0.29, 0.717) is 31.3 Å². The Balaban J connectivity index is 1.82. The van der Waals surface area contributed by atoms with Crippen LogP contribution in [0.3, 0.4) is 0 Å². The molecular formula is C17H25N7O3. The summed E-state index contributed by atoms with van der Waals surface area (Å²) in [6, 6.07) is 2.69. The van der Waals surface area contributed by atoms with E-state index in [1.54, 1.807) is 6.20 Å². The lowest BCUT2D eigenvalue weighted by atomic mass is 10.1. The standard InChI is InChI=1S/C17H25N7O3/c1-11-9-23(15-20-16(26-3)22-17(21-15)27-4)10-12(2)24(11)14-5-7-18-13(19-14)6-8-25/h5,7,11-12,25H,6,8-10H2,1-4H3/t11-,12+. The number of aliphatic hydroxyl groups excluding tert-OH is 1. The first kappa shape index (κ1) is 19.0. The molecule has 0 spiro atoms. The highest BCUT2D eigenvalue weighted by molar-refractivity contribution is 5.45. The Morgan fingerprint density at radius 2 is 1.67 bits per heavy atom. The second-order valence-corrected chi connectivity index (χ2v) is 6.42. The number of anilines is 2. The normalized spacial score (nSPS) is 19.9. The minimum atomic E-state index is 0.0331. The summed E-state index contributed by atoms with van der Waals surface area (Å²) >= 11 is 0. The van der Waals surface area contributed by atoms with Crippen LogP contribution >= 0.6 is 0 Å². The van der Waals surface area contributed by atoms with Gasteiger partial charge in [-0.2, -0.15) is 9.97 Å². The lowest BCUT2D eigenvalue weighted by molar-refractivity contribution is 0.296. The van der Waals surface area contributed by atoms with Crippen LogP contribution in [0.5, 0.6) is 12.0 Å². The van der Waals surface area contributed by atoms with Gasteiger partial charge in [-0.05, 0) is 19.9 Å². The van der Waals surface area contributed by atoms with Crippen molar-refractivity contribution in [3.63, 3.8) is 0 Å². The third kappa shape index (κ3) is 4.16. The molecule has 1 aliphatic heterocycles. The Kier molecular flexibility index (Phi) is 5.84. The first-order valence-corrected chi connectivity index (χ1v) is 8.85. The largest absolute Gasteiger partial charge is 0.467 e. The van der Waals surface area contributed by atoms with Gasteiger partial charge in [-0.15, -0.1) is 4.98 Å². The summed E-state index contributed by atoms with van der Waals surface area (Å²) < 4.78 is 10.3. The monoisotopic (exact) mass is 375 g/mol.